The van der Waals surface area contributed by atoms with Crippen LogP contribution in [0.1, 0.15) is 10.5 Å². The molecule has 19 heavy (non-hydrogen) atoms. The summed E-state index contributed by atoms with van der Waals surface area (Å²) in [4.78, 5) is 26.0. The highest BCUT2D eigenvalue weighted by atomic mass is 19.1. The number of H-pyrrole nitrogens is 1. The number of aromatic nitrogens is 1. The van der Waals surface area contributed by atoms with Gasteiger partial charge >= 0.3 is 0 Å². The Balaban J connectivity index is 2.21. The molecule has 0 saturated carbocycles. The number of pyridine rings is 1. The Morgan fingerprint density at radius 1 is 1.37 bits per heavy atom. The second-order valence-corrected chi connectivity index (χ2v) is 3.74. The van der Waals surface area contributed by atoms with Gasteiger partial charge in [0.15, 0.2) is 5.75 Å². The van der Waals surface area contributed by atoms with Crippen molar-refractivity contribution in [1.82, 2.24) is 4.98 Å². The summed E-state index contributed by atoms with van der Waals surface area (Å²) in [7, 11) is 1.36. The van der Waals surface area contributed by atoms with Crippen molar-refractivity contribution >= 4 is 11.6 Å². The van der Waals surface area contributed by atoms with Crippen LogP contribution < -0.4 is 15.5 Å². The third-order valence-electron chi connectivity index (χ3n) is 2.42. The van der Waals surface area contributed by atoms with Gasteiger partial charge in [-0.15, -0.1) is 0 Å². The van der Waals surface area contributed by atoms with Crippen LogP contribution in [-0.4, -0.2) is 18.0 Å². The zero-order chi connectivity index (χ0) is 13.8. The number of ether oxygens (including phenoxy) is 1. The summed E-state index contributed by atoms with van der Waals surface area (Å²) >= 11 is 0. The smallest absolute Gasteiger partial charge is 0.272 e. The van der Waals surface area contributed by atoms with Crippen molar-refractivity contribution in [3.8, 4) is 5.75 Å². The van der Waals surface area contributed by atoms with Crippen molar-refractivity contribution in [3.05, 3.63) is 58.3 Å². The number of carbonyl (C=O) groups excluding carboxylic acids is 1. The van der Waals surface area contributed by atoms with Gasteiger partial charge in [-0.05, 0) is 18.2 Å². The summed E-state index contributed by atoms with van der Waals surface area (Å²) in [5.74, 6) is -0.881. The van der Waals surface area contributed by atoms with E-state index in [2.05, 4.69) is 10.3 Å². The standard InChI is InChI=1S/C13H11FN2O3/c1-19-12-7-15-10(6-11(12)17)13(18)16-9-4-2-3-8(14)5-9/h2-7H,1H3,(H,15,17)(H,16,18). The Morgan fingerprint density at radius 2 is 2.16 bits per heavy atom. The fraction of sp³-hybridized carbons (Fsp3) is 0.0769. The number of anilines is 1. The van der Waals surface area contributed by atoms with Crippen LogP contribution in [0.25, 0.3) is 0 Å². The second-order valence-electron chi connectivity index (χ2n) is 3.74. The first-order valence-electron chi connectivity index (χ1n) is 5.44. The highest BCUT2D eigenvalue weighted by molar-refractivity contribution is 6.02. The van der Waals surface area contributed by atoms with E-state index in [4.69, 9.17) is 4.74 Å². The second kappa shape index (κ2) is 5.34. The molecule has 0 unspecified atom stereocenters. The van der Waals surface area contributed by atoms with Crippen LogP contribution in [0.2, 0.25) is 0 Å². The highest BCUT2D eigenvalue weighted by Gasteiger charge is 2.09. The monoisotopic (exact) mass is 262 g/mol. The van der Waals surface area contributed by atoms with Crippen LogP contribution in [0.15, 0.2) is 41.3 Å². The Kier molecular flexibility index (Phi) is 3.61. The predicted octanol–water partition coefficient (Wildman–Crippen LogP) is 1.77. The Bertz CT molecular complexity index is 667. The number of methoxy groups -OCH3 is 1. The van der Waals surface area contributed by atoms with Crippen LogP contribution in [0, 0.1) is 5.82 Å². The molecule has 0 aliphatic carbocycles. The SMILES string of the molecule is COc1c[nH]c(C(=O)Nc2cccc(F)c2)cc1=O. The van der Waals surface area contributed by atoms with E-state index in [-0.39, 0.29) is 11.4 Å². The lowest BCUT2D eigenvalue weighted by Crippen LogP contribution is -2.17. The molecule has 0 atom stereocenters. The predicted molar refractivity (Wildman–Crippen MR) is 68.0 cm³/mol. The Morgan fingerprint density at radius 3 is 2.79 bits per heavy atom. The van der Waals surface area contributed by atoms with Gasteiger partial charge < -0.3 is 15.0 Å². The average molecular weight is 262 g/mol. The molecule has 6 heteroatoms. The molecule has 0 spiro atoms. The molecule has 98 valence electrons. The van der Waals surface area contributed by atoms with E-state index >= 15 is 0 Å². The fourth-order valence-electron chi connectivity index (χ4n) is 1.51. The lowest BCUT2D eigenvalue weighted by atomic mass is 10.3. The summed E-state index contributed by atoms with van der Waals surface area (Å²) in [6, 6.07) is 6.59. The van der Waals surface area contributed by atoms with Crippen molar-refractivity contribution < 1.29 is 13.9 Å². The van der Waals surface area contributed by atoms with Crippen LogP contribution in [0.4, 0.5) is 10.1 Å². The quantitative estimate of drug-likeness (QED) is 0.885. The molecular formula is C13H11FN2O3. The van der Waals surface area contributed by atoms with E-state index < -0.39 is 17.2 Å². The summed E-state index contributed by atoms with van der Waals surface area (Å²) < 4.78 is 17.7. The first kappa shape index (κ1) is 12.8. The van der Waals surface area contributed by atoms with E-state index in [1.807, 2.05) is 0 Å². The van der Waals surface area contributed by atoms with Gasteiger partial charge in [0.1, 0.15) is 11.5 Å². The van der Waals surface area contributed by atoms with Gasteiger partial charge in [-0.25, -0.2) is 4.39 Å². The highest BCUT2D eigenvalue weighted by Crippen LogP contribution is 2.10. The number of benzene rings is 1. The molecule has 1 aromatic carbocycles. The van der Waals surface area contributed by atoms with E-state index in [9.17, 15) is 14.0 Å². The summed E-state index contributed by atoms with van der Waals surface area (Å²) in [6.07, 6.45) is 1.29. The largest absolute Gasteiger partial charge is 0.491 e. The number of hydrogen-bond donors (Lipinski definition) is 2. The number of nitrogens with one attached hydrogen (secondary N) is 2. The molecule has 0 fully saturated rings. The van der Waals surface area contributed by atoms with Crippen LogP contribution in [0.3, 0.4) is 0 Å². The molecule has 0 radical (unpaired) electrons. The normalized spacial score (nSPS) is 10.0. The summed E-state index contributed by atoms with van der Waals surface area (Å²) in [5.41, 5.74) is -0.0395. The molecule has 2 rings (SSSR count). The van der Waals surface area contributed by atoms with Crippen LogP contribution in [-0.2, 0) is 0 Å². The minimum atomic E-state index is -0.537. The van der Waals surface area contributed by atoms with Crippen LogP contribution in [0.5, 0.6) is 5.75 Å². The molecule has 2 aromatic rings. The molecule has 0 aliphatic heterocycles. The molecule has 0 saturated heterocycles. The number of carbonyl (C=O) groups is 1. The molecule has 0 aliphatic rings. The van der Waals surface area contributed by atoms with Crippen molar-refractivity contribution in [3.63, 3.8) is 0 Å². The number of amides is 1. The first-order chi connectivity index (χ1) is 9.10. The lowest BCUT2D eigenvalue weighted by Gasteiger charge is -2.05. The molecule has 1 amide bonds. The van der Waals surface area contributed by atoms with Crippen molar-refractivity contribution in [2.75, 3.05) is 12.4 Å². The average Bonchev–Trinajstić information content (AvgIpc) is 2.38. The van der Waals surface area contributed by atoms with Crippen LogP contribution >= 0.6 is 0 Å². The van der Waals surface area contributed by atoms with Gasteiger partial charge in [-0.3, -0.25) is 9.59 Å². The summed E-state index contributed by atoms with van der Waals surface area (Å²) in [5, 5.41) is 2.47. The van der Waals surface area contributed by atoms with E-state index in [0.29, 0.717) is 5.69 Å². The first-order valence-corrected chi connectivity index (χ1v) is 5.44. The number of rotatable bonds is 3. The third kappa shape index (κ3) is 2.98. The van der Waals surface area contributed by atoms with Gasteiger partial charge in [-0.1, -0.05) is 6.07 Å². The van der Waals surface area contributed by atoms with Gasteiger partial charge in [0.05, 0.1) is 7.11 Å². The number of aromatic amines is 1. The van der Waals surface area contributed by atoms with Gasteiger partial charge in [0.2, 0.25) is 5.43 Å². The number of halogens is 1. The fourth-order valence-corrected chi connectivity index (χ4v) is 1.51. The minimum Gasteiger partial charge on any atom is -0.491 e. The van der Waals surface area contributed by atoms with E-state index in [1.54, 1.807) is 6.07 Å². The van der Waals surface area contributed by atoms with Crippen molar-refractivity contribution in [2.24, 2.45) is 0 Å². The van der Waals surface area contributed by atoms with Gasteiger partial charge in [-0.2, -0.15) is 0 Å². The Hall–Kier alpha value is -2.63. The van der Waals surface area contributed by atoms with Gasteiger partial charge in [0, 0.05) is 18.0 Å². The molecule has 2 N–H and O–H groups in total. The zero-order valence-corrected chi connectivity index (χ0v) is 10.1. The maximum absolute atomic E-state index is 13.0. The number of hydrogen-bond acceptors (Lipinski definition) is 3. The molecular weight excluding hydrogens is 251 g/mol. The zero-order valence-electron chi connectivity index (χ0n) is 10.1. The molecule has 1 heterocycles. The summed E-state index contributed by atoms with van der Waals surface area (Å²) in [6.45, 7) is 0. The van der Waals surface area contributed by atoms with E-state index in [1.165, 1.54) is 31.5 Å². The topological polar surface area (TPSA) is 71.2 Å². The molecule has 5 nitrogen and oxygen atoms in total. The van der Waals surface area contributed by atoms with Gasteiger partial charge in [0.25, 0.3) is 5.91 Å². The maximum Gasteiger partial charge on any atom is 0.272 e. The minimum absolute atomic E-state index is 0.0649. The molecule has 0 bridgehead atoms. The third-order valence-corrected chi connectivity index (χ3v) is 2.42. The van der Waals surface area contributed by atoms with Crippen molar-refractivity contribution in [2.45, 2.75) is 0 Å². The molecule has 1 aromatic heterocycles. The van der Waals surface area contributed by atoms with E-state index in [0.717, 1.165) is 6.07 Å². The lowest BCUT2D eigenvalue weighted by molar-refractivity contribution is 0.102. The van der Waals surface area contributed by atoms with Crippen molar-refractivity contribution in [1.29, 1.82) is 0 Å². The maximum atomic E-state index is 13.0. The Labute approximate surface area is 108 Å².